The summed E-state index contributed by atoms with van der Waals surface area (Å²) in [5.74, 6) is -0.256. The van der Waals surface area contributed by atoms with Crippen LogP contribution in [0.3, 0.4) is 0 Å². The molecule has 7 heteroatoms. The third-order valence-corrected chi connectivity index (χ3v) is 4.25. The zero-order chi connectivity index (χ0) is 14.3. The molecule has 0 heterocycles. The minimum absolute atomic E-state index is 0.256. The fourth-order valence-electron chi connectivity index (χ4n) is 1.73. The standard InChI is InChI=1S/C12H13Cl2N3O2/c1-11(6-12(11,13)14)9(18)16-7-3-2-4-8(5-7)17-10(15)19/h2-5H,6H2,1H3,(H,16,18)(H3,15,17,19). The van der Waals surface area contributed by atoms with Gasteiger partial charge in [0.1, 0.15) is 4.33 Å². The number of carbonyl (C=O) groups is 2. The number of nitrogens with one attached hydrogen (secondary N) is 2. The molecular weight excluding hydrogens is 289 g/mol. The number of anilines is 2. The lowest BCUT2D eigenvalue weighted by atomic mass is 10.1. The maximum absolute atomic E-state index is 12.1. The maximum Gasteiger partial charge on any atom is 0.316 e. The Kier molecular flexibility index (Phi) is 3.36. The predicted molar refractivity (Wildman–Crippen MR) is 75.4 cm³/mol. The molecule has 1 aliphatic rings. The van der Waals surface area contributed by atoms with Crippen molar-refractivity contribution in [2.24, 2.45) is 11.1 Å². The van der Waals surface area contributed by atoms with E-state index in [-0.39, 0.29) is 5.91 Å². The van der Waals surface area contributed by atoms with Crippen LogP contribution in [0.2, 0.25) is 0 Å². The molecule has 2 rings (SSSR count). The molecule has 4 N–H and O–H groups in total. The molecule has 1 aromatic carbocycles. The average molecular weight is 302 g/mol. The van der Waals surface area contributed by atoms with E-state index in [1.165, 1.54) is 0 Å². The fraction of sp³-hybridized carbons (Fsp3) is 0.333. The van der Waals surface area contributed by atoms with Crippen LogP contribution in [0.4, 0.5) is 16.2 Å². The van der Waals surface area contributed by atoms with Crippen LogP contribution in [0.15, 0.2) is 24.3 Å². The first-order chi connectivity index (χ1) is 8.74. The molecule has 0 radical (unpaired) electrons. The number of halogens is 2. The number of rotatable bonds is 3. The van der Waals surface area contributed by atoms with Crippen molar-refractivity contribution in [1.29, 1.82) is 0 Å². The van der Waals surface area contributed by atoms with Crippen molar-refractivity contribution in [3.63, 3.8) is 0 Å². The van der Waals surface area contributed by atoms with Crippen LogP contribution in [0.5, 0.6) is 0 Å². The van der Waals surface area contributed by atoms with Gasteiger partial charge in [0, 0.05) is 11.4 Å². The van der Waals surface area contributed by atoms with E-state index in [1.54, 1.807) is 31.2 Å². The Morgan fingerprint density at radius 1 is 1.26 bits per heavy atom. The van der Waals surface area contributed by atoms with Crippen molar-refractivity contribution in [2.75, 3.05) is 10.6 Å². The predicted octanol–water partition coefficient (Wildman–Crippen LogP) is 2.70. The van der Waals surface area contributed by atoms with Gasteiger partial charge in [-0.05, 0) is 31.5 Å². The molecule has 5 nitrogen and oxygen atoms in total. The number of amides is 3. The first-order valence-corrected chi connectivity index (χ1v) is 6.36. The highest BCUT2D eigenvalue weighted by Gasteiger charge is 2.67. The van der Waals surface area contributed by atoms with Crippen LogP contribution < -0.4 is 16.4 Å². The molecule has 0 saturated heterocycles. The summed E-state index contributed by atoms with van der Waals surface area (Å²) >= 11 is 11.9. The molecule has 1 saturated carbocycles. The van der Waals surface area contributed by atoms with Crippen LogP contribution in [-0.2, 0) is 4.79 Å². The lowest BCUT2D eigenvalue weighted by molar-refractivity contribution is -0.120. The van der Waals surface area contributed by atoms with Gasteiger partial charge < -0.3 is 16.4 Å². The van der Waals surface area contributed by atoms with E-state index in [9.17, 15) is 9.59 Å². The summed E-state index contributed by atoms with van der Waals surface area (Å²) < 4.78 is -1.01. The smallest absolute Gasteiger partial charge is 0.316 e. The van der Waals surface area contributed by atoms with Crippen molar-refractivity contribution in [3.05, 3.63) is 24.3 Å². The second-order valence-electron chi connectivity index (χ2n) is 4.74. The summed E-state index contributed by atoms with van der Waals surface area (Å²) in [5, 5.41) is 5.14. The zero-order valence-electron chi connectivity index (χ0n) is 10.2. The quantitative estimate of drug-likeness (QED) is 0.750. The fourth-order valence-corrected chi connectivity index (χ4v) is 2.44. The van der Waals surface area contributed by atoms with E-state index in [1.807, 2.05) is 0 Å². The normalized spacial score (nSPS) is 23.5. The molecule has 1 aromatic rings. The van der Waals surface area contributed by atoms with E-state index in [0.29, 0.717) is 17.8 Å². The topological polar surface area (TPSA) is 84.2 Å². The second-order valence-corrected chi connectivity index (χ2v) is 6.22. The van der Waals surface area contributed by atoms with Gasteiger partial charge in [-0.1, -0.05) is 6.07 Å². The second kappa shape index (κ2) is 4.58. The van der Waals surface area contributed by atoms with Gasteiger partial charge in [0.05, 0.1) is 5.41 Å². The third kappa shape index (κ3) is 2.77. The third-order valence-electron chi connectivity index (χ3n) is 3.15. The maximum atomic E-state index is 12.1. The molecule has 1 fully saturated rings. The van der Waals surface area contributed by atoms with E-state index < -0.39 is 15.8 Å². The highest BCUT2D eigenvalue weighted by atomic mass is 35.5. The van der Waals surface area contributed by atoms with Gasteiger partial charge in [-0.2, -0.15) is 0 Å². The Bertz CT molecular complexity index is 548. The first kappa shape index (κ1) is 14.0. The monoisotopic (exact) mass is 301 g/mol. The van der Waals surface area contributed by atoms with Crippen molar-refractivity contribution in [1.82, 2.24) is 0 Å². The Morgan fingerprint density at radius 3 is 2.26 bits per heavy atom. The van der Waals surface area contributed by atoms with Gasteiger partial charge in [-0.15, -0.1) is 23.2 Å². The van der Waals surface area contributed by atoms with Gasteiger partial charge >= 0.3 is 6.03 Å². The summed E-state index contributed by atoms with van der Waals surface area (Å²) in [6.45, 7) is 1.70. The van der Waals surface area contributed by atoms with Gasteiger partial charge in [0.2, 0.25) is 5.91 Å². The molecule has 0 spiro atoms. The molecule has 3 amide bonds. The molecule has 19 heavy (non-hydrogen) atoms. The average Bonchev–Trinajstić information content (AvgIpc) is 2.79. The molecule has 102 valence electrons. The van der Waals surface area contributed by atoms with E-state index in [0.717, 1.165) is 0 Å². The molecule has 1 atom stereocenters. The molecule has 1 aliphatic carbocycles. The number of hydrogen-bond acceptors (Lipinski definition) is 2. The van der Waals surface area contributed by atoms with Gasteiger partial charge in [0.25, 0.3) is 0 Å². The summed E-state index contributed by atoms with van der Waals surface area (Å²) in [6.07, 6.45) is 0.411. The van der Waals surface area contributed by atoms with Gasteiger partial charge in [-0.3, -0.25) is 4.79 Å². The first-order valence-electron chi connectivity index (χ1n) is 5.60. The zero-order valence-corrected chi connectivity index (χ0v) is 11.7. The highest BCUT2D eigenvalue weighted by Crippen LogP contribution is 2.64. The lowest BCUT2D eigenvalue weighted by Gasteiger charge is -2.13. The number of primary amides is 1. The molecule has 0 aromatic heterocycles. The summed E-state index contributed by atoms with van der Waals surface area (Å²) in [7, 11) is 0. The molecular formula is C12H13Cl2N3O2. The molecule has 1 unspecified atom stereocenters. The lowest BCUT2D eigenvalue weighted by Crippen LogP contribution is -2.26. The number of benzene rings is 1. The van der Waals surface area contributed by atoms with Crippen LogP contribution in [0.25, 0.3) is 0 Å². The minimum Gasteiger partial charge on any atom is -0.351 e. The summed E-state index contributed by atoms with van der Waals surface area (Å²) in [4.78, 5) is 22.8. The van der Waals surface area contributed by atoms with Crippen molar-refractivity contribution in [3.8, 4) is 0 Å². The van der Waals surface area contributed by atoms with Gasteiger partial charge in [-0.25, -0.2) is 4.79 Å². The number of urea groups is 1. The van der Waals surface area contributed by atoms with Crippen LogP contribution in [-0.4, -0.2) is 16.3 Å². The minimum atomic E-state index is -1.01. The van der Waals surface area contributed by atoms with Crippen LogP contribution >= 0.6 is 23.2 Å². The van der Waals surface area contributed by atoms with Crippen molar-refractivity contribution in [2.45, 2.75) is 17.7 Å². The van der Waals surface area contributed by atoms with E-state index >= 15 is 0 Å². The van der Waals surface area contributed by atoms with Crippen LogP contribution in [0, 0.1) is 5.41 Å². The largest absolute Gasteiger partial charge is 0.351 e. The van der Waals surface area contributed by atoms with Gasteiger partial charge in [0.15, 0.2) is 0 Å². The number of carbonyl (C=O) groups excluding carboxylic acids is 2. The molecule has 0 aliphatic heterocycles. The van der Waals surface area contributed by atoms with Crippen LogP contribution in [0.1, 0.15) is 13.3 Å². The Morgan fingerprint density at radius 2 is 1.79 bits per heavy atom. The summed E-state index contributed by atoms with van der Waals surface area (Å²) in [6, 6.07) is 5.97. The Labute approximate surface area is 120 Å². The van der Waals surface area contributed by atoms with Crippen molar-refractivity contribution >= 4 is 46.5 Å². The number of alkyl halides is 2. The highest BCUT2D eigenvalue weighted by molar-refractivity contribution is 6.53. The Hall–Kier alpha value is -1.46. The molecule has 0 bridgehead atoms. The Balaban J connectivity index is 2.08. The van der Waals surface area contributed by atoms with E-state index in [4.69, 9.17) is 28.9 Å². The van der Waals surface area contributed by atoms with Crippen molar-refractivity contribution < 1.29 is 9.59 Å². The summed E-state index contributed by atoms with van der Waals surface area (Å²) in [5.41, 5.74) is 5.26. The van der Waals surface area contributed by atoms with E-state index in [2.05, 4.69) is 10.6 Å². The number of hydrogen-bond donors (Lipinski definition) is 3. The SMILES string of the molecule is CC1(C(=O)Nc2cccc(NC(N)=O)c2)CC1(Cl)Cl. The number of nitrogens with two attached hydrogens (primary N) is 1.